The molecule has 0 saturated heterocycles. The smallest absolute Gasteiger partial charge is 0.138 e. The molecule has 4 aromatic rings. The SMILES string of the molecule is Cc1ccc2c(Nc3ccccc3)nccc2c1Nc1ccsc1. The van der Waals surface area contributed by atoms with E-state index < -0.39 is 0 Å². The molecule has 118 valence electrons. The van der Waals surface area contributed by atoms with E-state index in [0.717, 1.165) is 33.7 Å². The number of aryl methyl sites for hydroxylation is 1. The summed E-state index contributed by atoms with van der Waals surface area (Å²) in [7, 11) is 0. The molecule has 0 amide bonds. The van der Waals surface area contributed by atoms with E-state index in [1.165, 1.54) is 5.56 Å². The highest BCUT2D eigenvalue weighted by Crippen LogP contribution is 2.34. The number of hydrogen-bond donors (Lipinski definition) is 2. The Hall–Kier alpha value is -2.85. The van der Waals surface area contributed by atoms with Gasteiger partial charge in [0.05, 0.1) is 0 Å². The maximum atomic E-state index is 4.53. The number of hydrogen-bond acceptors (Lipinski definition) is 4. The van der Waals surface area contributed by atoms with Gasteiger partial charge < -0.3 is 10.6 Å². The number of pyridine rings is 1. The van der Waals surface area contributed by atoms with Gasteiger partial charge in [0.1, 0.15) is 5.82 Å². The lowest BCUT2D eigenvalue weighted by molar-refractivity contribution is 1.33. The predicted molar refractivity (Wildman–Crippen MR) is 104 cm³/mol. The molecule has 4 rings (SSSR count). The minimum absolute atomic E-state index is 0.868. The van der Waals surface area contributed by atoms with Crippen LogP contribution in [0, 0.1) is 6.92 Å². The zero-order valence-corrected chi connectivity index (χ0v) is 14.1. The monoisotopic (exact) mass is 331 g/mol. The number of rotatable bonds is 4. The van der Waals surface area contributed by atoms with Gasteiger partial charge in [-0.3, -0.25) is 0 Å². The van der Waals surface area contributed by atoms with Crippen LogP contribution in [0.15, 0.2) is 71.6 Å². The molecule has 4 heteroatoms. The lowest BCUT2D eigenvalue weighted by Gasteiger charge is -2.14. The fraction of sp³-hybridized carbons (Fsp3) is 0.0500. The molecule has 2 heterocycles. The number of para-hydroxylation sites is 1. The molecule has 2 N–H and O–H groups in total. The van der Waals surface area contributed by atoms with Crippen LogP contribution in [0.3, 0.4) is 0 Å². The van der Waals surface area contributed by atoms with Gasteiger partial charge in [-0.1, -0.05) is 30.3 Å². The fourth-order valence-corrected chi connectivity index (χ4v) is 3.36. The van der Waals surface area contributed by atoms with Crippen LogP contribution in [0.2, 0.25) is 0 Å². The Morgan fingerprint density at radius 1 is 0.833 bits per heavy atom. The van der Waals surface area contributed by atoms with Gasteiger partial charge in [-0.15, -0.1) is 0 Å². The zero-order chi connectivity index (χ0) is 16.4. The topological polar surface area (TPSA) is 37.0 Å². The molecular weight excluding hydrogens is 314 g/mol. The molecule has 0 aliphatic heterocycles. The van der Waals surface area contributed by atoms with Crippen LogP contribution in [0.25, 0.3) is 10.8 Å². The van der Waals surface area contributed by atoms with Gasteiger partial charge in [-0.25, -0.2) is 4.98 Å². The summed E-state index contributed by atoms with van der Waals surface area (Å²) in [5.41, 5.74) is 4.49. The van der Waals surface area contributed by atoms with Crippen molar-refractivity contribution in [1.82, 2.24) is 4.98 Å². The number of nitrogens with zero attached hydrogens (tertiary/aromatic N) is 1. The van der Waals surface area contributed by atoms with E-state index in [2.05, 4.69) is 57.6 Å². The first kappa shape index (κ1) is 14.7. The highest BCUT2D eigenvalue weighted by Gasteiger charge is 2.09. The van der Waals surface area contributed by atoms with E-state index in [1.807, 2.05) is 36.5 Å². The van der Waals surface area contributed by atoms with Crippen molar-refractivity contribution >= 4 is 45.0 Å². The summed E-state index contributed by atoms with van der Waals surface area (Å²) < 4.78 is 0. The third kappa shape index (κ3) is 2.84. The van der Waals surface area contributed by atoms with Crippen LogP contribution in [0.4, 0.5) is 22.9 Å². The summed E-state index contributed by atoms with van der Waals surface area (Å²) >= 11 is 1.69. The third-order valence-corrected chi connectivity index (χ3v) is 4.66. The van der Waals surface area contributed by atoms with Crippen LogP contribution in [-0.4, -0.2) is 4.98 Å². The van der Waals surface area contributed by atoms with Crippen LogP contribution in [0.5, 0.6) is 0 Å². The van der Waals surface area contributed by atoms with Crippen molar-refractivity contribution in [2.24, 2.45) is 0 Å². The lowest BCUT2D eigenvalue weighted by atomic mass is 10.1. The van der Waals surface area contributed by atoms with E-state index in [-0.39, 0.29) is 0 Å². The molecule has 0 spiro atoms. The van der Waals surface area contributed by atoms with E-state index in [4.69, 9.17) is 0 Å². The Labute approximate surface area is 145 Å². The van der Waals surface area contributed by atoms with Gasteiger partial charge in [0.2, 0.25) is 0 Å². The maximum Gasteiger partial charge on any atom is 0.138 e. The average Bonchev–Trinajstić information content (AvgIpc) is 3.12. The second-order valence-corrected chi connectivity index (χ2v) is 6.42. The van der Waals surface area contributed by atoms with E-state index >= 15 is 0 Å². The van der Waals surface area contributed by atoms with Gasteiger partial charge in [0.25, 0.3) is 0 Å². The van der Waals surface area contributed by atoms with Gasteiger partial charge in [0, 0.05) is 39.4 Å². The molecule has 2 aromatic heterocycles. The Morgan fingerprint density at radius 3 is 2.50 bits per heavy atom. The molecule has 3 nitrogen and oxygen atoms in total. The molecule has 0 unspecified atom stereocenters. The van der Waals surface area contributed by atoms with E-state index in [1.54, 1.807) is 11.3 Å². The minimum atomic E-state index is 0.868. The number of nitrogens with one attached hydrogen (secondary N) is 2. The van der Waals surface area contributed by atoms with Gasteiger partial charge in [0.15, 0.2) is 0 Å². The second kappa shape index (κ2) is 6.34. The molecule has 0 aliphatic carbocycles. The molecule has 0 atom stereocenters. The van der Waals surface area contributed by atoms with Crippen molar-refractivity contribution in [3.63, 3.8) is 0 Å². The van der Waals surface area contributed by atoms with Gasteiger partial charge in [-0.2, -0.15) is 11.3 Å². The molecule has 2 aromatic carbocycles. The molecule has 0 bridgehead atoms. The van der Waals surface area contributed by atoms with Crippen molar-refractivity contribution < 1.29 is 0 Å². The van der Waals surface area contributed by atoms with Crippen LogP contribution < -0.4 is 10.6 Å². The van der Waals surface area contributed by atoms with Crippen molar-refractivity contribution in [3.8, 4) is 0 Å². The Kier molecular flexibility index (Phi) is 3.89. The molecule has 0 saturated carbocycles. The summed E-state index contributed by atoms with van der Waals surface area (Å²) in [6, 6.07) is 18.5. The van der Waals surface area contributed by atoms with Crippen molar-refractivity contribution in [2.75, 3.05) is 10.6 Å². The van der Waals surface area contributed by atoms with Gasteiger partial charge >= 0.3 is 0 Å². The van der Waals surface area contributed by atoms with Crippen molar-refractivity contribution in [1.29, 1.82) is 0 Å². The quantitative estimate of drug-likeness (QED) is 0.475. The fourth-order valence-electron chi connectivity index (χ4n) is 2.77. The predicted octanol–water partition coefficient (Wildman–Crippen LogP) is 6.09. The summed E-state index contributed by atoms with van der Waals surface area (Å²) in [5.74, 6) is 0.868. The standard InChI is InChI=1S/C20H17N3S/c1-14-7-8-18-17(19(14)22-16-10-12-24-13-16)9-11-21-20(18)23-15-5-3-2-4-6-15/h2-13,22H,1H3,(H,21,23). The van der Waals surface area contributed by atoms with E-state index in [0.29, 0.717) is 0 Å². The first-order valence-corrected chi connectivity index (χ1v) is 8.75. The summed E-state index contributed by atoms with van der Waals surface area (Å²) in [6.07, 6.45) is 1.85. The normalized spacial score (nSPS) is 10.7. The zero-order valence-electron chi connectivity index (χ0n) is 13.3. The minimum Gasteiger partial charge on any atom is -0.354 e. The second-order valence-electron chi connectivity index (χ2n) is 5.64. The summed E-state index contributed by atoms with van der Waals surface area (Å²) in [6.45, 7) is 2.12. The van der Waals surface area contributed by atoms with Crippen molar-refractivity contribution in [3.05, 3.63) is 77.1 Å². The number of thiophene rings is 1. The summed E-state index contributed by atoms with van der Waals surface area (Å²) in [4.78, 5) is 4.53. The highest BCUT2D eigenvalue weighted by atomic mass is 32.1. The van der Waals surface area contributed by atoms with Crippen molar-refractivity contribution in [2.45, 2.75) is 6.92 Å². The number of aromatic nitrogens is 1. The number of anilines is 4. The maximum absolute atomic E-state index is 4.53. The average molecular weight is 331 g/mol. The first-order valence-electron chi connectivity index (χ1n) is 7.81. The molecule has 0 fully saturated rings. The molecular formula is C20H17N3S. The first-order chi connectivity index (χ1) is 11.8. The number of benzene rings is 2. The van der Waals surface area contributed by atoms with Gasteiger partial charge in [-0.05, 0) is 42.1 Å². The third-order valence-electron chi connectivity index (χ3n) is 3.98. The largest absolute Gasteiger partial charge is 0.354 e. The number of fused-ring (bicyclic) bond motifs is 1. The van der Waals surface area contributed by atoms with E-state index in [9.17, 15) is 0 Å². The Morgan fingerprint density at radius 2 is 1.71 bits per heavy atom. The van der Waals surface area contributed by atoms with Crippen LogP contribution in [0.1, 0.15) is 5.56 Å². The Balaban J connectivity index is 1.80. The van der Waals surface area contributed by atoms with Crippen LogP contribution >= 0.6 is 11.3 Å². The molecule has 0 aliphatic rings. The Bertz CT molecular complexity index is 963. The lowest BCUT2D eigenvalue weighted by Crippen LogP contribution is -1.98. The molecule has 24 heavy (non-hydrogen) atoms. The highest BCUT2D eigenvalue weighted by molar-refractivity contribution is 7.08. The molecule has 0 radical (unpaired) electrons. The summed E-state index contributed by atoms with van der Waals surface area (Å²) in [5, 5.41) is 13.4. The van der Waals surface area contributed by atoms with Crippen LogP contribution in [-0.2, 0) is 0 Å².